The van der Waals surface area contributed by atoms with Crippen molar-refractivity contribution in [2.75, 3.05) is 26.2 Å². The normalized spacial score (nSPS) is 18.2. The van der Waals surface area contributed by atoms with Gasteiger partial charge in [-0.2, -0.15) is 13.2 Å². The minimum absolute atomic E-state index is 0.0515. The Morgan fingerprint density at radius 2 is 1.96 bits per heavy atom. The molecule has 1 saturated heterocycles. The van der Waals surface area contributed by atoms with Gasteiger partial charge in [0.1, 0.15) is 0 Å². The number of likely N-dealkylation sites (tertiary alicyclic amines) is 1. The molecule has 1 aliphatic heterocycles. The number of rotatable bonds is 5. The standard InChI is InChI=1S/C16H22BrF3N2O/c1-15(2,16(18,19)20)11-22-8-5-12(6-9-22)10-23-14-13(17)4-3-7-21-14/h3-4,7,12H,5-6,8-11H2,1-2H3. The number of nitrogens with zero attached hydrogens (tertiary/aromatic N) is 2. The molecule has 0 N–H and O–H groups in total. The van der Waals surface area contributed by atoms with Crippen LogP contribution in [-0.2, 0) is 0 Å². The van der Waals surface area contributed by atoms with E-state index in [0.29, 0.717) is 31.5 Å². The number of hydrogen-bond acceptors (Lipinski definition) is 3. The summed E-state index contributed by atoms with van der Waals surface area (Å²) in [5, 5.41) is 0. The highest BCUT2D eigenvalue weighted by atomic mass is 79.9. The number of alkyl halides is 3. The van der Waals surface area contributed by atoms with Gasteiger partial charge in [0, 0.05) is 12.7 Å². The molecule has 0 spiro atoms. The molecule has 23 heavy (non-hydrogen) atoms. The number of halogens is 4. The zero-order chi connectivity index (χ0) is 17.1. The summed E-state index contributed by atoms with van der Waals surface area (Å²) in [5.74, 6) is 0.919. The minimum atomic E-state index is -4.17. The smallest absolute Gasteiger partial charge is 0.395 e. The summed E-state index contributed by atoms with van der Waals surface area (Å²) < 4.78 is 45.4. The van der Waals surface area contributed by atoms with E-state index < -0.39 is 11.6 Å². The fraction of sp³-hybridized carbons (Fsp3) is 0.688. The lowest BCUT2D eigenvalue weighted by atomic mass is 9.89. The maximum Gasteiger partial charge on any atom is 0.395 e. The van der Waals surface area contributed by atoms with E-state index in [1.807, 2.05) is 17.0 Å². The quantitative estimate of drug-likeness (QED) is 0.733. The highest BCUT2D eigenvalue weighted by Gasteiger charge is 2.48. The maximum atomic E-state index is 13.0. The Morgan fingerprint density at radius 1 is 1.30 bits per heavy atom. The number of aromatic nitrogens is 1. The first-order chi connectivity index (χ1) is 10.7. The van der Waals surface area contributed by atoms with Gasteiger partial charge >= 0.3 is 6.18 Å². The molecule has 1 aromatic heterocycles. The summed E-state index contributed by atoms with van der Waals surface area (Å²) in [7, 11) is 0. The molecule has 0 bridgehead atoms. The van der Waals surface area contributed by atoms with Crippen molar-refractivity contribution < 1.29 is 17.9 Å². The van der Waals surface area contributed by atoms with Crippen molar-refractivity contribution in [3.63, 3.8) is 0 Å². The van der Waals surface area contributed by atoms with Crippen molar-refractivity contribution in [3.8, 4) is 5.88 Å². The molecule has 1 fully saturated rings. The summed E-state index contributed by atoms with van der Waals surface area (Å²) in [5.41, 5.74) is -1.67. The van der Waals surface area contributed by atoms with Crippen LogP contribution in [0.15, 0.2) is 22.8 Å². The molecule has 3 nitrogen and oxygen atoms in total. The molecule has 0 radical (unpaired) electrons. The third kappa shape index (κ3) is 5.08. The van der Waals surface area contributed by atoms with Gasteiger partial charge in [-0.3, -0.25) is 0 Å². The first-order valence-corrected chi connectivity index (χ1v) is 8.51. The summed E-state index contributed by atoms with van der Waals surface area (Å²) in [4.78, 5) is 6.05. The molecule has 0 amide bonds. The van der Waals surface area contributed by atoms with Gasteiger partial charge in [-0.1, -0.05) is 0 Å². The monoisotopic (exact) mass is 394 g/mol. The molecule has 2 rings (SSSR count). The summed E-state index contributed by atoms with van der Waals surface area (Å²) in [6, 6.07) is 3.68. The second kappa shape index (κ2) is 7.38. The first-order valence-electron chi connectivity index (χ1n) is 7.71. The molecule has 1 aliphatic rings. The number of pyridine rings is 1. The second-order valence-electron chi connectivity index (χ2n) is 6.70. The zero-order valence-corrected chi connectivity index (χ0v) is 15.0. The summed E-state index contributed by atoms with van der Waals surface area (Å²) in [6.07, 6.45) is -0.809. The van der Waals surface area contributed by atoms with Gasteiger partial charge in [0.25, 0.3) is 0 Å². The molecule has 0 aromatic carbocycles. The molecule has 1 aromatic rings. The average Bonchev–Trinajstić information content (AvgIpc) is 2.46. The van der Waals surface area contributed by atoms with E-state index in [2.05, 4.69) is 20.9 Å². The van der Waals surface area contributed by atoms with Gasteiger partial charge in [-0.25, -0.2) is 4.98 Å². The van der Waals surface area contributed by atoms with Gasteiger partial charge in [0.2, 0.25) is 5.88 Å². The van der Waals surface area contributed by atoms with E-state index in [4.69, 9.17) is 4.74 Å². The van der Waals surface area contributed by atoms with Gasteiger partial charge in [-0.05, 0) is 73.8 Å². The van der Waals surface area contributed by atoms with Crippen LogP contribution in [-0.4, -0.2) is 42.3 Å². The van der Waals surface area contributed by atoms with Gasteiger partial charge in [0.05, 0.1) is 16.5 Å². The van der Waals surface area contributed by atoms with Crippen molar-refractivity contribution >= 4 is 15.9 Å². The second-order valence-corrected chi connectivity index (χ2v) is 7.56. The summed E-state index contributed by atoms with van der Waals surface area (Å²) in [6.45, 7) is 4.48. The van der Waals surface area contributed by atoms with Crippen LogP contribution in [0.25, 0.3) is 0 Å². The van der Waals surface area contributed by atoms with Crippen LogP contribution in [0.4, 0.5) is 13.2 Å². The Hall–Kier alpha value is -0.820. The fourth-order valence-electron chi connectivity index (χ4n) is 2.63. The number of hydrogen-bond donors (Lipinski definition) is 0. The predicted molar refractivity (Wildman–Crippen MR) is 86.4 cm³/mol. The molecule has 2 heterocycles. The fourth-order valence-corrected chi connectivity index (χ4v) is 3.00. The molecule has 0 unspecified atom stereocenters. The number of ether oxygens (including phenoxy) is 1. The SMILES string of the molecule is CC(C)(CN1CCC(COc2ncccc2Br)CC1)C(F)(F)F. The Kier molecular flexibility index (Phi) is 5.94. The topological polar surface area (TPSA) is 25.4 Å². The molecule has 0 saturated carbocycles. The molecule has 7 heteroatoms. The van der Waals surface area contributed by atoms with Crippen molar-refractivity contribution in [1.29, 1.82) is 0 Å². The third-order valence-electron chi connectivity index (χ3n) is 4.27. The zero-order valence-electron chi connectivity index (χ0n) is 13.4. The van der Waals surface area contributed by atoms with Gasteiger partial charge < -0.3 is 9.64 Å². The third-order valence-corrected chi connectivity index (χ3v) is 4.88. The van der Waals surface area contributed by atoms with E-state index in [1.54, 1.807) is 6.20 Å². The van der Waals surface area contributed by atoms with Crippen molar-refractivity contribution in [2.45, 2.75) is 32.9 Å². The van der Waals surface area contributed by atoms with Crippen LogP contribution < -0.4 is 4.74 Å². The average molecular weight is 395 g/mol. The van der Waals surface area contributed by atoms with Gasteiger partial charge in [-0.15, -0.1) is 0 Å². The first kappa shape index (κ1) is 18.5. The largest absolute Gasteiger partial charge is 0.477 e. The van der Waals surface area contributed by atoms with Crippen molar-refractivity contribution in [1.82, 2.24) is 9.88 Å². The van der Waals surface area contributed by atoms with Crippen LogP contribution in [0.2, 0.25) is 0 Å². The van der Waals surface area contributed by atoms with Crippen molar-refractivity contribution in [3.05, 3.63) is 22.8 Å². The van der Waals surface area contributed by atoms with E-state index in [9.17, 15) is 13.2 Å². The lowest BCUT2D eigenvalue weighted by Gasteiger charge is -2.38. The Balaban J connectivity index is 1.77. The lowest BCUT2D eigenvalue weighted by molar-refractivity contribution is -0.217. The van der Waals surface area contributed by atoms with E-state index in [0.717, 1.165) is 17.3 Å². The molecule has 130 valence electrons. The van der Waals surface area contributed by atoms with E-state index in [-0.39, 0.29) is 6.54 Å². The van der Waals surface area contributed by atoms with Gasteiger partial charge in [0.15, 0.2) is 0 Å². The van der Waals surface area contributed by atoms with Crippen molar-refractivity contribution in [2.24, 2.45) is 11.3 Å². The molecular weight excluding hydrogens is 373 g/mol. The van der Waals surface area contributed by atoms with Crippen LogP contribution in [0.3, 0.4) is 0 Å². The summed E-state index contributed by atoms with van der Waals surface area (Å²) >= 11 is 3.38. The van der Waals surface area contributed by atoms with Crippen LogP contribution in [0.5, 0.6) is 5.88 Å². The lowest BCUT2D eigenvalue weighted by Crippen LogP contribution is -2.46. The maximum absolute atomic E-state index is 13.0. The molecule has 0 atom stereocenters. The highest BCUT2D eigenvalue weighted by Crippen LogP contribution is 2.38. The molecule has 0 aliphatic carbocycles. The Bertz CT molecular complexity index is 514. The minimum Gasteiger partial charge on any atom is -0.477 e. The number of piperidine rings is 1. The van der Waals surface area contributed by atoms with Crippen LogP contribution in [0, 0.1) is 11.3 Å². The Labute approximate surface area is 143 Å². The van der Waals surface area contributed by atoms with Crippen LogP contribution in [0.1, 0.15) is 26.7 Å². The van der Waals surface area contributed by atoms with Crippen LogP contribution >= 0.6 is 15.9 Å². The predicted octanol–water partition coefficient (Wildman–Crippen LogP) is 4.52. The van der Waals surface area contributed by atoms with E-state index in [1.165, 1.54) is 13.8 Å². The molecular formula is C16H22BrF3N2O. The van der Waals surface area contributed by atoms with E-state index >= 15 is 0 Å². The highest BCUT2D eigenvalue weighted by molar-refractivity contribution is 9.10. The Morgan fingerprint density at radius 3 is 2.52 bits per heavy atom.